The molecule has 0 spiro atoms. The molecule has 0 aromatic heterocycles. The van der Waals surface area contributed by atoms with E-state index in [-0.39, 0.29) is 0 Å². The zero-order valence-corrected chi connectivity index (χ0v) is 8.89. The molecule has 2 nitrogen and oxygen atoms in total. The van der Waals surface area contributed by atoms with E-state index in [4.69, 9.17) is 0 Å². The van der Waals surface area contributed by atoms with E-state index in [9.17, 15) is 0 Å². The summed E-state index contributed by atoms with van der Waals surface area (Å²) in [7, 11) is 8.63. The summed E-state index contributed by atoms with van der Waals surface area (Å²) < 4.78 is 4.71. The summed E-state index contributed by atoms with van der Waals surface area (Å²) in [5, 5.41) is 0. The molecule has 0 atom stereocenters. The summed E-state index contributed by atoms with van der Waals surface area (Å²) in [5.74, 6) is 2.35. The van der Waals surface area contributed by atoms with Crippen LogP contribution in [0.4, 0.5) is 0 Å². The van der Waals surface area contributed by atoms with Crippen LogP contribution in [0.5, 0.6) is 0 Å². The van der Waals surface area contributed by atoms with Gasteiger partial charge in [-0.15, -0.1) is 0 Å². The van der Waals surface area contributed by atoms with Crippen LogP contribution < -0.4 is 0 Å². The minimum atomic E-state index is -1.11. The van der Waals surface area contributed by atoms with Crippen LogP contribution in [-0.2, 0) is 0 Å². The van der Waals surface area contributed by atoms with Crippen molar-refractivity contribution < 1.29 is 0 Å². The van der Waals surface area contributed by atoms with Crippen LogP contribution in [0.15, 0.2) is 0 Å². The average Bonchev–Trinajstić information content (AvgIpc) is 1.64. The van der Waals surface area contributed by atoms with Crippen molar-refractivity contribution in [2.75, 3.05) is 28.2 Å². The van der Waals surface area contributed by atoms with Crippen molar-refractivity contribution in [2.45, 2.75) is 5.76 Å². The zero-order chi connectivity index (χ0) is 6.73. The van der Waals surface area contributed by atoms with Gasteiger partial charge in [-0.3, -0.25) is 0 Å². The third-order valence-electron chi connectivity index (χ3n) is 1.49. The Morgan fingerprint density at radius 2 is 1.12 bits per heavy atom. The van der Waals surface area contributed by atoms with Gasteiger partial charge >= 0.3 is 56.5 Å². The zero-order valence-electron chi connectivity index (χ0n) is 6.47. The van der Waals surface area contributed by atoms with Crippen LogP contribution in [0.25, 0.3) is 0 Å². The molecular formula is C5H16GeN2. The number of rotatable bonds is 2. The first-order valence-corrected chi connectivity index (χ1v) is 7.47. The molecule has 0 N–H and O–H groups in total. The molecule has 8 heavy (non-hydrogen) atoms. The summed E-state index contributed by atoms with van der Waals surface area (Å²) in [6.07, 6.45) is 0. The molecule has 0 unspecified atom stereocenters. The van der Waals surface area contributed by atoms with Crippen molar-refractivity contribution in [2.24, 2.45) is 0 Å². The van der Waals surface area contributed by atoms with Crippen LogP contribution in [0.1, 0.15) is 0 Å². The van der Waals surface area contributed by atoms with Gasteiger partial charge in [-0.2, -0.15) is 0 Å². The van der Waals surface area contributed by atoms with Crippen LogP contribution in [-0.4, -0.2) is 50.7 Å². The van der Waals surface area contributed by atoms with Crippen molar-refractivity contribution in [3.8, 4) is 0 Å². The standard InChI is InChI=1S/C5H16GeN2/c1-6(7(2)3)8(4)5/h6H,1-5H3. The molecule has 0 rings (SSSR count). The molecular weight excluding hydrogens is 161 g/mol. The Hall–Kier alpha value is 0.463. The summed E-state index contributed by atoms with van der Waals surface area (Å²) in [4.78, 5) is 0. The van der Waals surface area contributed by atoms with Gasteiger partial charge in [0.25, 0.3) is 0 Å². The van der Waals surface area contributed by atoms with Crippen molar-refractivity contribution in [3.05, 3.63) is 0 Å². The predicted molar refractivity (Wildman–Crippen MR) is 40.4 cm³/mol. The molecule has 0 bridgehead atoms. The molecule has 0 saturated carbocycles. The molecule has 0 aromatic carbocycles. The van der Waals surface area contributed by atoms with Crippen LogP contribution in [0.2, 0.25) is 5.76 Å². The van der Waals surface area contributed by atoms with E-state index in [2.05, 4.69) is 41.7 Å². The molecule has 3 heteroatoms. The van der Waals surface area contributed by atoms with Crippen LogP contribution in [0.3, 0.4) is 0 Å². The van der Waals surface area contributed by atoms with Gasteiger partial charge in [-0.25, -0.2) is 0 Å². The molecule has 0 fully saturated rings. The minimum absolute atomic E-state index is 1.11. The Morgan fingerprint density at radius 1 is 0.875 bits per heavy atom. The quantitative estimate of drug-likeness (QED) is 0.545. The predicted octanol–water partition coefficient (Wildman–Crippen LogP) is -0.0401. The second kappa shape index (κ2) is 3.48. The van der Waals surface area contributed by atoms with Gasteiger partial charge in [-0.05, 0) is 0 Å². The SMILES string of the molecule is C[N](C)[GeH]([CH3])[N](C)C. The molecule has 0 heterocycles. The first-order valence-electron chi connectivity index (χ1n) is 2.88. The summed E-state index contributed by atoms with van der Waals surface area (Å²) in [6, 6.07) is 0. The van der Waals surface area contributed by atoms with Gasteiger partial charge in [0.15, 0.2) is 0 Å². The number of hydrogen-bond acceptors (Lipinski definition) is 2. The van der Waals surface area contributed by atoms with E-state index in [1.54, 1.807) is 0 Å². The monoisotopic (exact) mass is 178 g/mol. The molecule has 0 saturated heterocycles. The third kappa shape index (κ3) is 2.69. The Kier molecular flexibility index (Phi) is 3.68. The fraction of sp³-hybridized carbons (Fsp3) is 1.00. The summed E-state index contributed by atoms with van der Waals surface area (Å²) in [5.41, 5.74) is 0. The maximum atomic E-state index is 2.35. The summed E-state index contributed by atoms with van der Waals surface area (Å²) >= 11 is -1.11. The molecule has 0 aliphatic carbocycles. The first kappa shape index (κ1) is 8.46. The molecule has 0 aliphatic heterocycles. The first-order chi connectivity index (χ1) is 3.55. The van der Waals surface area contributed by atoms with E-state index < -0.39 is 14.8 Å². The fourth-order valence-electron chi connectivity index (χ4n) is 0.462. The third-order valence-corrected chi connectivity index (χ3v) is 7.77. The Bertz CT molecular complexity index is 55.4. The molecule has 0 amide bonds. The van der Waals surface area contributed by atoms with E-state index in [0.29, 0.717) is 0 Å². The van der Waals surface area contributed by atoms with Crippen molar-refractivity contribution >= 4 is 14.8 Å². The van der Waals surface area contributed by atoms with Gasteiger partial charge in [0.1, 0.15) is 0 Å². The van der Waals surface area contributed by atoms with E-state index >= 15 is 0 Å². The molecule has 50 valence electrons. The van der Waals surface area contributed by atoms with Crippen molar-refractivity contribution in [3.63, 3.8) is 0 Å². The van der Waals surface area contributed by atoms with Crippen molar-refractivity contribution in [1.29, 1.82) is 0 Å². The fourth-order valence-corrected chi connectivity index (χ4v) is 2.40. The van der Waals surface area contributed by atoms with E-state index in [0.717, 1.165) is 0 Å². The van der Waals surface area contributed by atoms with Crippen molar-refractivity contribution in [1.82, 2.24) is 7.71 Å². The van der Waals surface area contributed by atoms with E-state index in [1.165, 1.54) is 0 Å². The topological polar surface area (TPSA) is 6.48 Å². The second-order valence-corrected chi connectivity index (χ2v) is 9.54. The Labute approximate surface area is 57.0 Å². The maximum absolute atomic E-state index is 2.35. The van der Waals surface area contributed by atoms with Gasteiger partial charge in [0, 0.05) is 0 Å². The van der Waals surface area contributed by atoms with Gasteiger partial charge < -0.3 is 0 Å². The Morgan fingerprint density at radius 3 is 1.12 bits per heavy atom. The number of nitrogens with zero attached hydrogens (tertiary/aromatic N) is 2. The van der Waals surface area contributed by atoms with Gasteiger partial charge in [0.05, 0.1) is 0 Å². The second-order valence-electron chi connectivity index (χ2n) is 2.56. The molecule has 0 aromatic rings. The molecule has 0 radical (unpaired) electrons. The van der Waals surface area contributed by atoms with Gasteiger partial charge in [0.2, 0.25) is 0 Å². The molecule has 0 aliphatic rings. The number of hydrogen-bond donors (Lipinski definition) is 0. The average molecular weight is 177 g/mol. The van der Waals surface area contributed by atoms with Gasteiger partial charge in [-0.1, -0.05) is 0 Å². The van der Waals surface area contributed by atoms with Crippen LogP contribution >= 0.6 is 0 Å². The van der Waals surface area contributed by atoms with E-state index in [1.807, 2.05) is 0 Å². The normalized spacial score (nSPS) is 12.0. The van der Waals surface area contributed by atoms with Crippen LogP contribution in [0, 0.1) is 0 Å². The Balaban J connectivity index is 3.46. The summed E-state index contributed by atoms with van der Waals surface area (Å²) in [6.45, 7) is 0.